The number of hydrogen-bond acceptors (Lipinski definition) is 3. The van der Waals surface area contributed by atoms with Crippen LogP contribution in [0.15, 0.2) is 96.0 Å². The molecule has 34 heavy (non-hydrogen) atoms. The second kappa shape index (κ2) is 9.23. The molecule has 0 fully saturated rings. The van der Waals surface area contributed by atoms with Crippen LogP contribution < -0.4 is 10.6 Å². The first-order valence-electron chi connectivity index (χ1n) is 10.5. The minimum absolute atomic E-state index is 0.0332. The standard InChI is InChI=1S/C27H17Cl2N3O2/c28-21-12-8-19(14-22(21)29)27(34)30-20-10-6-17(7-11-20)26-31-23-13-9-18(15-24(23)32-26)25(33)16-4-2-1-3-5-16/h1-15H,(H,30,34)(H,31,32)/p+1. The number of aliphatic imine (C=N–C) groups is 1. The van der Waals surface area contributed by atoms with Crippen LogP contribution in [0.25, 0.3) is 0 Å². The average molecular weight is 487 g/mol. The SMILES string of the molecule is O=C(Nc1ccc(C2=Nc3cc(C(=O)c4ccccc4)ccc3[NH2+]2)cc1)c1ccc(Cl)c(Cl)c1. The normalized spacial score (nSPS) is 12.1. The number of carbonyl (C=O) groups excluding carboxylic acids is 2. The number of amides is 1. The molecule has 7 heteroatoms. The summed E-state index contributed by atoms with van der Waals surface area (Å²) in [6.45, 7) is 0. The highest BCUT2D eigenvalue weighted by Crippen LogP contribution is 2.28. The second-order valence-corrected chi connectivity index (χ2v) is 8.58. The first kappa shape index (κ1) is 22.0. The van der Waals surface area contributed by atoms with E-state index in [9.17, 15) is 9.59 Å². The van der Waals surface area contributed by atoms with Crippen LogP contribution in [-0.2, 0) is 0 Å². The van der Waals surface area contributed by atoms with Crippen molar-refractivity contribution in [1.82, 2.24) is 0 Å². The highest BCUT2D eigenvalue weighted by molar-refractivity contribution is 6.42. The van der Waals surface area contributed by atoms with Gasteiger partial charge in [0, 0.05) is 28.4 Å². The summed E-state index contributed by atoms with van der Waals surface area (Å²) < 4.78 is 0. The van der Waals surface area contributed by atoms with Gasteiger partial charge in [0.25, 0.3) is 5.91 Å². The molecule has 4 aromatic carbocycles. The summed E-state index contributed by atoms with van der Waals surface area (Å²) in [5, 5.41) is 5.55. The Bertz CT molecular complexity index is 1450. The number of amidine groups is 1. The molecule has 5 rings (SSSR count). The van der Waals surface area contributed by atoms with Gasteiger partial charge in [-0.25, -0.2) is 0 Å². The predicted octanol–water partition coefficient (Wildman–Crippen LogP) is 5.76. The molecule has 1 amide bonds. The number of nitrogens with two attached hydrogens (primary N) is 1. The largest absolute Gasteiger partial charge is 0.322 e. The van der Waals surface area contributed by atoms with Crippen LogP contribution in [0.5, 0.6) is 0 Å². The fourth-order valence-corrected chi connectivity index (χ4v) is 3.98. The summed E-state index contributed by atoms with van der Waals surface area (Å²) in [7, 11) is 0. The summed E-state index contributed by atoms with van der Waals surface area (Å²) in [4.78, 5) is 29.9. The number of halogens is 2. The fraction of sp³-hybridized carbons (Fsp3) is 0. The number of quaternary nitrogens is 1. The Morgan fingerprint density at radius 3 is 2.21 bits per heavy atom. The number of carbonyl (C=O) groups is 2. The summed E-state index contributed by atoms with van der Waals surface area (Å²) in [6, 6.07) is 26.9. The van der Waals surface area contributed by atoms with Crippen LogP contribution in [0.4, 0.5) is 17.1 Å². The van der Waals surface area contributed by atoms with Gasteiger partial charge in [0.1, 0.15) is 5.69 Å². The van der Waals surface area contributed by atoms with Gasteiger partial charge in [0.05, 0.1) is 15.6 Å². The Morgan fingerprint density at radius 1 is 0.735 bits per heavy atom. The van der Waals surface area contributed by atoms with Crippen LogP contribution in [0, 0.1) is 0 Å². The Balaban J connectivity index is 1.31. The van der Waals surface area contributed by atoms with Crippen molar-refractivity contribution in [1.29, 1.82) is 0 Å². The number of nitrogens with zero attached hydrogens (tertiary/aromatic N) is 1. The van der Waals surface area contributed by atoms with Crippen molar-refractivity contribution in [3.05, 3.63) is 123 Å². The van der Waals surface area contributed by atoms with E-state index in [1.165, 1.54) is 6.07 Å². The van der Waals surface area contributed by atoms with E-state index in [1.807, 2.05) is 66.0 Å². The summed E-state index contributed by atoms with van der Waals surface area (Å²) in [5.41, 5.74) is 4.93. The van der Waals surface area contributed by atoms with Crippen molar-refractivity contribution in [2.75, 3.05) is 5.32 Å². The van der Waals surface area contributed by atoms with Crippen molar-refractivity contribution in [2.24, 2.45) is 4.99 Å². The molecule has 0 aromatic heterocycles. The van der Waals surface area contributed by atoms with Crippen LogP contribution in [-0.4, -0.2) is 17.5 Å². The number of hydrogen-bond donors (Lipinski definition) is 2. The van der Waals surface area contributed by atoms with Gasteiger partial charge in [-0.3, -0.25) is 14.9 Å². The van der Waals surface area contributed by atoms with E-state index in [0.717, 1.165) is 22.8 Å². The molecule has 0 saturated heterocycles. The lowest BCUT2D eigenvalue weighted by Gasteiger charge is -2.07. The van der Waals surface area contributed by atoms with Gasteiger partial charge in [-0.15, -0.1) is 0 Å². The monoisotopic (exact) mass is 486 g/mol. The molecule has 0 aliphatic carbocycles. The smallest absolute Gasteiger partial charge is 0.255 e. The first-order valence-corrected chi connectivity index (χ1v) is 11.3. The highest BCUT2D eigenvalue weighted by atomic mass is 35.5. The molecule has 166 valence electrons. The zero-order chi connectivity index (χ0) is 23.7. The van der Waals surface area contributed by atoms with Crippen LogP contribution in [0.3, 0.4) is 0 Å². The molecular weight excluding hydrogens is 469 g/mol. The summed E-state index contributed by atoms with van der Waals surface area (Å²) in [5.74, 6) is 0.481. The molecule has 3 N–H and O–H groups in total. The lowest BCUT2D eigenvalue weighted by Crippen LogP contribution is -2.80. The molecule has 0 bridgehead atoms. The zero-order valence-corrected chi connectivity index (χ0v) is 19.3. The lowest BCUT2D eigenvalue weighted by atomic mass is 10.0. The molecule has 1 heterocycles. The number of benzene rings is 4. The maximum atomic E-state index is 12.8. The average Bonchev–Trinajstić information content (AvgIpc) is 3.29. The van der Waals surface area contributed by atoms with E-state index in [-0.39, 0.29) is 11.7 Å². The molecule has 1 aliphatic rings. The van der Waals surface area contributed by atoms with E-state index < -0.39 is 0 Å². The maximum absolute atomic E-state index is 12.8. The van der Waals surface area contributed by atoms with E-state index in [4.69, 9.17) is 28.2 Å². The van der Waals surface area contributed by atoms with Gasteiger partial charge in [-0.2, -0.15) is 4.99 Å². The molecule has 0 atom stereocenters. The molecule has 4 aromatic rings. The highest BCUT2D eigenvalue weighted by Gasteiger charge is 2.23. The Hall–Kier alpha value is -3.77. The lowest BCUT2D eigenvalue weighted by molar-refractivity contribution is -0.437. The third-order valence-electron chi connectivity index (χ3n) is 5.48. The van der Waals surface area contributed by atoms with E-state index in [2.05, 4.69) is 5.32 Å². The van der Waals surface area contributed by atoms with E-state index in [1.54, 1.807) is 24.3 Å². The van der Waals surface area contributed by atoms with Gasteiger partial charge in [-0.1, -0.05) is 53.5 Å². The minimum atomic E-state index is -0.279. The van der Waals surface area contributed by atoms with Crippen molar-refractivity contribution < 1.29 is 14.9 Å². The van der Waals surface area contributed by atoms with Crippen LogP contribution >= 0.6 is 23.2 Å². The van der Waals surface area contributed by atoms with Crippen molar-refractivity contribution in [2.45, 2.75) is 0 Å². The molecule has 0 unspecified atom stereocenters. The van der Waals surface area contributed by atoms with Crippen LogP contribution in [0.1, 0.15) is 31.8 Å². The van der Waals surface area contributed by atoms with Gasteiger partial charge in [-0.05, 0) is 54.6 Å². The van der Waals surface area contributed by atoms with Gasteiger partial charge in [0.2, 0.25) is 5.84 Å². The van der Waals surface area contributed by atoms with Crippen molar-refractivity contribution in [3.63, 3.8) is 0 Å². The molecular formula is C27H18Cl2N3O2+. The van der Waals surface area contributed by atoms with Crippen molar-refractivity contribution >= 4 is 57.8 Å². The van der Waals surface area contributed by atoms with Gasteiger partial charge < -0.3 is 5.32 Å². The number of ketones is 1. The Kier molecular flexibility index (Phi) is 5.99. The number of nitrogens with one attached hydrogen (secondary N) is 1. The second-order valence-electron chi connectivity index (χ2n) is 7.77. The predicted molar refractivity (Wildman–Crippen MR) is 135 cm³/mol. The summed E-state index contributed by atoms with van der Waals surface area (Å²) in [6.07, 6.45) is 0. The maximum Gasteiger partial charge on any atom is 0.255 e. The third-order valence-corrected chi connectivity index (χ3v) is 6.22. The number of rotatable bonds is 5. The van der Waals surface area contributed by atoms with E-state index in [0.29, 0.717) is 32.4 Å². The topological polar surface area (TPSA) is 75.1 Å². The minimum Gasteiger partial charge on any atom is -0.322 e. The number of anilines is 1. The zero-order valence-electron chi connectivity index (χ0n) is 17.8. The van der Waals surface area contributed by atoms with E-state index >= 15 is 0 Å². The fourth-order valence-electron chi connectivity index (χ4n) is 3.68. The molecule has 5 nitrogen and oxygen atoms in total. The Labute approximate surface area is 206 Å². The van der Waals surface area contributed by atoms with Crippen molar-refractivity contribution in [3.8, 4) is 0 Å². The van der Waals surface area contributed by atoms with Crippen LogP contribution in [0.2, 0.25) is 10.0 Å². The van der Waals surface area contributed by atoms with Gasteiger partial charge >= 0.3 is 0 Å². The Morgan fingerprint density at radius 2 is 1.47 bits per heavy atom. The molecule has 0 radical (unpaired) electrons. The molecule has 0 spiro atoms. The number of fused-ring (bicyclic) bond motifs is 1. The molecule has 0 saturated carbocycles. The third kappa shape index (κ3) is 4.50. The molecule has 1 aliphatic heterocycles. The summed E-state index contributed by atoms with van der Waals surface area (Å²) >= 11 is 11.9. The first-order chi connectivity index (χ1) is 16.5. The van der Waals surface area contributed by atoms with Gasteiger partial charge in [0.15, 0.2) is 11.5 Å². The quantitative estimate of drug-likeness (QED) is 0.277.